The van der Waals surface area contributed by atoms with Crippen LogP contribution < -0.4 is 5.32 Å². The largest absolute Gasteiger partial charge is 0.359 e. The molecule has 21 heavy (non-hydrogen) atoms. The number of carbonyl (C=O) groups excluding carboxylic acids is 1. The van der Waals surface area contributed by atoms with E-state index in [1.54, 1.807) is 17.4 Å². The highest BCUT2D eigenvalue weighted by Gasteiger charge is 2.22. The number of anilines is 1. The van der Waals surface area contributed by atoms with Crippen LogP contribution in [0.5, 0.6) is 0 Å². The number of aromatic nitrogens is 1. The van der Waals surface area contributed by atoms with Crippen molar-refractivity contribution in [2.24, 2.45) is 0 Å². The molecule has 3 rings (SSSR count). The molecule has 0 saturated heterocycles. The van der Waals surface area contributed by atoms with Crippen molar-refractivity contribution >= 4 is 23.1 Å². The minimum Gasteiger partial charge on any atom is -0.359 e. The van der Waals surface area contributed by atoms with Crippen molar-refractivity contribution in [2.45, 2.75) is 51.9 Å². The van der Waals surface area contributed by atoms with E-state index in [0.717, 1.165) is 23.5 Å². The van der Waals surface area contributed by atoms with E-state index < -0.39 is 0 Å². The van der Waals surface area contributed by atoms with E-state index in [2.05, 4.69) is 10.5 Å². The van der Waals surface area contributed by atoms with E-state index in [1.165, 1.54) is 23.3 Å². The van der Waals surface area contributed by atoms with Gasteiger partial charge >= 0.3 is 0 Å². The first-order valence-corrected chi connectivity index (χ1v) is 8.15. The van der Waals surface area contributed by atoms with E-state index in [1.807, 2.05) is 26.8 Å². The third-order valence-electron chi connectivity index (χ3n) is 3.71. The fraction of sp³-hybridized carbons (Fsp3) is 0.500. The summed E-state index contributed by atoms with van der Waals surface area (Å²) in [7, 11) is 0. The van der Waals surface area contributed by atoms with Crippen LogP contribution in [0.15, 0.2) is 16.7 Å². The Kier molecular flexibility index (Phi) is 3.61. The van der Waals surface area contributed by atoms with Crippen LogP contribution >= 0.6 is 11.3 Å². The first-order valence-electron chi connectivity index (χ1n) is 7.33. The molecule has 0 radical (unpaired) electrons. The molecule has 0 aliphatic heterocycles. The average Bonchev–Trinajstić information content (AvgIpc) is 3.03. The first-order chi connectivity index (χ1) is 9.93. The second-order valence-corrected chi connectivity index (χ2v) is 7.68. The highest BCUT2D eigenvalue weighted by molar-refractivity contribution is 7.14. The molecular formula is C16H20N2O2S. The van der Waals surface area contributed by atoms with E-state index in [4.69, 9.17) is 4.52 Å². The molecule has 2 aromatic heterocycles. The zero-order valence-electron chi connectivity index (χ0n) is 12.7. The van der Waals surface area contributed by atoms with E-state index in [-0.39, 0.29) is 11.3 Å². The van der Waals surface area contributed by atoms with Crippen LogP contribution in [0, 0.1) is 0 Å². The van der Waals surface area contributed by atoms with Crippen LogP contribution in [-0.2, 0) is 18.3 Å². The molecule has 4 nitrogen and oxygen atoms in total. The number of nitrogens with one attached hydrogen (secondary N) is 1. The summed E-state index contributed by atoms with van der Waals surface area (Å²) in [6, 6.07) is 3.82. The fourth-order valence-electron chi connectivity index (χ4n) is 2.47. The molecule has 0 aromatic carbocycles. The summed E-state index contributed by atoms with van der Waals surface area (Å²) in [6.07, 6.45) is 4.65. The quantitative estimate of drug-likeness (QED) is 0.906. The van der Waals surface area contributed by atoms with E-state index in [0.29, 0.717) is 5.82 Å². The number of carbonyl (C=O) groups is 1. The van der Waals surface area contributed by atoms with Gasteiger partial charge in [-0.1, -0.05) is 25.9 Å². The molecule has 1 aliphatic carbocycles. The Morgan fingerprint density at radius 3 is 2.71 bits per heavy atom. The molecule has 1 aliphatic rings. The fourth-order valence-corrected chi connectivity index (χ4v) is 3.62. The standard InChI is InChI=1S/C16H20N2O2S/c1-16(2,3)13-9-14(18-20-13)17-15(19)12-8-10-6-4-5-7-11(10)21-12/h8-9H,4-7H2,1-3H3,(H,17,18,19). The van der Waals surface area contributed by atoms with Crippen molar-refractivity contribution in [3.8, 4) is 0 Å². The zero-order chi connectivity index (χ0) is 15.0. The van der Waals surface area contributed by atoms with Crippen LogP contribution in [0.2, 0.25) is 0 Å². The van der Waals surface area contributed by atoms with Gasteiger partial charge in [0.2, 0.25) is 0 Å². The second-order valence-electron chi connectivity index (χ2n) is 6.55. The summed E-state index contributed by atoms with van der Waals surface area (Å²) in [5.74, 6) is 1.16. The number of hydrogen-bond acceptors (Lipinski definition) is 4. The molecule has 0 saturated carbocycles. The molecular weight excluding hydrogens is 284 g/mol. The lowest BCUT2D eigenvalue weighted by Crippen LogP contribution is -2.11. The van der Waals surface area contributed by atoms with Gasteiger partial charge in [-0.2, -0.15) is 0 Å². The second kappa shape index (κ2) is 5.30. The molecule has 2 aromatic rings. The third kappa shape index (κ3) is 3.02. The molecule has 0 fully saturated rings. The SMILES string of the molecule is CC(C)(C)c1cc(NC(=O)c2cc3c(s2)CCCC3)no1. The van der Waals surface area contributed by atoms with Crippen molar-refractivity contribution in [1.82, 2.24) is 5.16 Å². The minimum absolute atomic E-state index is 0.0943. The summed E-state index contributed by atoms with van der Waals surface area (Å²) >= 11 is 1.60. The summed E-state index contributed by atoms with van der Waals surface area (Å²) in [5.41, 5.74) is 1.23. The monoisotopic (exact) mass is 304 g/mol. The number of nitrogens with zero attached hydrogens (tertiary/aromatic N) is 1. The van der Waals surface area contributed by atoms with Gasteiger partial charge in [-0.25, -0.2) is 0 Å². The van der Waals surface area contributed by atoms with Gasteiger partial charge in [0, 0.05) is 16.4 Å². The summed E-state index contributed by atoms with van der Waals surface area (Å²) in [5, 5.41) is 6.75. The maximum atomic E-state index is 12.3. The van der Waals surface area contributed by atoms with Crippen molar-refractivity contribution in [1.29, 1.82) is 0 Å². The first kappa shape index (κ1) is 14.3. The van der Waals surface area contributed by atoms with Gasteiger partial charge in [0.1, 0.15) is 5.76 Å². The maximum absolute atomic E-state index is 12.3. The minimum atomic E-state index is -0.113. The lowest BCUT2D eigenvalue weighted by molar-refractivity contribution is 0.102. The lowest BCUT2D eigenvalue weighted by Gasteiger charge is -2.11. The number of amides is 1. The Bertz CT molecular complexity index is 641. The van der Waals surface area contributed by atoms with Crippen LogP contribution in [0.25, 0.3) is 0 Å². The number of aryl methyl sites for hydroxylation is 2. The number of thiophene rings is 1. The summed E-state index contributed by atoms with van der Waals surface area (Å²) < 4.78 is 5.29. The van der Waals surface area contributed by atoms with Crippen molar-refractivity contribution < 1.29 is 9.32 Å². The molecule has 1 amide bonds. The van der Waals surface area contributed by atoms with Gasteiger partial charge in [-0.05, 0) is 37.3 Å². The van der Waals surface area contributed by atoms with Crippen LogP contribution in [0.3, 0.4) is 0 Å². The van der Waals surface area contributed by atoms with Gasteiger partial charge in [-0.3, -0.25) is 4.79 Å². The van der Waals surface area contributed by atoms with Gasteiger partial charge < -0.3 is 9.84 Å². The van der Waals surface area contributed by atoms with E-state index in [9.17, 15) is 4.79 Å². The zero-order valence-corrected chi connectivity index (χ0v) is 13.5. The predicted octanol–water partition coefficient (Wildman–Crippen LogP) is 4.16. The smallest absolute Gasteiger partial charge is 0.266 e. The molecule has 2 heterocycles. The lowest BCUT2D eigenvalue weighted by atomic mass is 9.93. The highest BCUT2D eigenvalue weighted by Crippen LogP contribution is 2.30. The van der Waals surface area contributed by atoms with Gasteiger partial charge in [-0.15, -0.1) is 11.3 Å². The summed E-state index contributed by atoms with van der Waals surface area (Å²) in [4.78, 5) is 14.4. The van der Waals surface area contributed by atoms with Crippen LogP contribution in [0.1, 0.15) is 59.5 Å². The van der Waals surface area contributed by atoms with Gasteiger partial charge in [0.25, 0.3) is 5.91 Å². The predicted molar refractivity (Wildman–Crippen MR) is 84.1 cm³/mol. The maximum Gasteiger partial charge on any atom is 0.266 e. The Morgan fingerprint density at radius 1 is 1.29 bits per heavy atom. The third-order valence-corrected chi connectivity index (χ3v) is 4.95. The average molecular weight is 304 g/mol. The van der Waals surface area contributed by atoms with Gasteiger partial charge in [0.05, 0.1) is 4.88 Å². The number of rotatable bonds is 2. The van der Waals surface area contributed by atoms with Crippen LogP contribution in [-0.4, -0.2) is 11.1 Å². The van der Waals surface area contributed by atoms with Crippen molar-refractivity contribution in [3.63, 3.8) is 0 Å². The molecule has 1 N–H and O–H groups in total. The van der Waals surface area contributed by atoms with E-state index >= 15 is 0 Å². The normalized spacial score (nSPS) is 14.8. The Labute approximate surface area is 128 Å². The van der Waals surface area contributed by atoms with Crippen molar-refractivity contribution in [3.05, 3.63) is 33.2 Å². The topological polar surface area (TPSA) is 55.1 Å². The Morgan fingerprint density at radius 2 is 2.05 bits per heavy atom. The molecule has 5 heteroatoms. The molecule has 112 valence electrons. The van der Waals surface area contributed by atoms with Crippen LogP contribution in [0.4, 0.5) is 5.82 Å². The highest BCUT2D eigenvalue weighted by atomic mass is 32.1. The molecule has 0 unspecified atom stereocenters. The Hall–Kier alpha value is -1.62. The Balaban J connectivity index is 1.74. The number of hydrogen-bond donors (Lipinski definition) is 1. The molecule has 0 spiro atoms. The van der Waals surface area contributed by atoms with Crippen molar-refractivity contribution in [2.75, 3.05) is 5.32 Å². The van der Waals surface area contributed by atoms with Gasteiger partial charge in [0.15, 0.2) is 5.82 Å². The summed E-state index contributed by atoms with van der Waals surface area (Å²) in [6.45, 7) is 6.14. The molecule has 0 bridgehead atoms. The number of fused-ring (bicyclic) bond motifs is 1. The molecule has 0 atom stereocenters.